The summed E-state index contributed by atoms with van der Waals surface area (Å²) in [5.74, 6) is -0.342. The largest absolute Gasteiger partial charge is 0.355 e. The first-order chi connectivity index (χ1) is 14.1. The second kappa shape index (κ2) is 8.36. The maximum Gasteiger partial charge on any atom is 0.254 e. The number of allylic oxidation sites excluding steroid dienone is 4. The quantitative estimate of drug-likeness (QED) is 0.652. The minimum Gasteiger partial charge on any atom is -0.355 e. The number of rotatable bonds is 6. The lowest BCUT2D eigenvalue weighted by Gasteiger charge is -2.16. The van der Waals surface area contributed by atoms with Crippen molar-refractivity contribution in [3.63, 3.8) is 0 Å². The minimum absolute atomic E-state index is 0.0272. The average Bonchev–Trinajstić information content (AvgIpc) is 2.99. The number of aromatic nitrogens is 3. The zero-order valence-electron chi connectivity index (χ0n) is 17.1. The standard InChI is InChI=1S/C22H23ClFN5O/c1-12(23)8-14(13(2)24)19-28-18-10-22(3,4)9-15(18)20(29-19)27-17-6-7-26-11-16(17)21(30)25-5/h6-8,11H,1-2,9-10H2,3-5H3,(H,25,30)(H,26,27,28,29)/b14-8+. The van der Waals surface area contributed by atoms with Crippen molar-refractivity contribution in [1.29, 1.82) is 0 Å². The van der Waals surface area contributed by atoms with Crippen molar-refractivity contribution >= 4 is 34.6 Å². The van der Waals surface area contributed by atoms with Crippen LogP contribution in [0.3, 0.4) is 0 Å². The average molecular weight is 428 g/mol. The van der Waals surface area contributed by atoms with Gasteiger partial charge in [-0.1, -0.05) is 38.6 Å². The van der Waals surface area contributed by atoms with Gasteiger partial charge < -0.3 is 10.6 Å². The monoisotopic (exact) mass is 427 g/mol. The normalized spacial score (nSPS) is 14.8. The molecule has 2 heterocycles. The van der Waals surface area contributed by atoms with Gasteiger partial charge in [0.05, 0.1) is 22.5 Å². The van der Waals surface area contributed by atoms with Gasteiger partial charge in [-0.2, -0.15) is 0 Å². The third kappa shape index (κ3) is 4.57. The molecular weight excluding hydrogens is 405 g/mol. The van der Waals surface area contributed by atoms with Crippen molar-refractivity contribution in [2.45, 2.75) is 26.7 Å². The molecule has 0 spiro atoms. The minimum atomic E-state index is -0.713. The Labute approximate surface area is 180 Å². The fourth-order valence-corrected chi connectivity index (χ4v) is 3.56. The van der Waals surface area contributed by atoms with Gasteiger partial charge in [-0.05, 0) is 30.4 Å². The van der Waals surface area contributed by atoms with E-state index in [4.69, 9.17) is 11.6 Å². The second-order valence-electron chi connectivity index (χ2n) is 7.87. The maximum absolute atomic E-state index is 14.2. The zero-order chi connectivity index (χ0) is 22.1. The number of pyridine rings is 1. The van der Waals surface area contributed by atoms with Crippen molar-refractivity contribution in [2.75, 3.05) is 12.4 Å². The topological polar surface area (TPSA) is 79.8 Å². The van der Waals surface area contributed by atoms with E-state index in [1.54, 1.807) is 19.3 Å². The highest BCUT2D eigenvalue weighted by Gasteiger charge is 2.33. The number of halogens is 2. The summed E-state index contributed by atoms with van der Waals surface area (Å²) in [7, 11) is 1.55. The number of nitrogens with one attached hydrogen (secondary N) is 2. The Kier molecular flexibility index (Phi) is 6.03. The second-order valence-corrected chi connectivity index (χ2v) is 8.36. The summed E-state index contributed by atoms with van der Waals surface area (Å²) in [6.45, 7) is 11.2. The van der Waals surface area contributed by atoms with Crippen LogP contribution >= 0.6 is 11.6 Å². The number of nitrogens with zero attached hydrogens (tertiary/aromatic N) is 3. The molecule has 1 aliphatic rings. The Balaban J connectivity index is 2.16. The van der Waals surface area contributed by atoms with E-state index < -0.39 is 5.83 Å². The molecule has 2 aromatic rings. The third-order valence-electron chi connectivity index (χ3n) is 4.77. The smallest absolute Gasteiger partial charge is 0.254 e. The molecule has 0 saturated carbocycles. The Bertz CT molecular complexity index is 1080. The van der Waals surface area contributed by atoms with Gasteiger partial charge in [0, 0.05) is 30.0 Å². The van der Waals surface area contributed by atoms with E-state index in [1.807, 2.05) is 0 Å². The number of carbonyl (C=O) groups is 1. The number of hydrogen-bond donors (Lipinski definition) is 2. The molecular formula is C22H23ClFN5O. The van der Waals surface area contributed by atoms with Gasteiger partial charge in [0.1, 0.15) is 11.6 Å². The van der Waals surface area contributed by atoms with Crippen LogP contribution in [0.2, 0.25) is 0 Å². The van der Waals surface area contributed by atoms with E-state index in [-0.39, 0.29) is 27.8 Å². The highest BCUT2D eigenvalue weighted by Crippen LogP contribution is 2.40. The molecule has 6 nitrogen and oxygen atoms in total. The molecule has 0 radical (unpaired) electrons. The van der Waals surface area contributed by atoms with Crippen LogP contribution in [0.1, 0.15) is 41.3 Å². The molecule has 1 aliphatic carbocycles. The van der Waals surface area contributed by atoms with E-state index in [2.05, 4.69) is 52.6 Å². The first-order valence-electron chi connectivity index (χ1n) is 9.35. The van der Waals surface area contributed by atoms with Gasteiger partial charge in [0.25, 0.3) is 5.91 Å². The first-order valence-corrected chi connectivity index (χ1v) is 9.73. The van der Waals surface area contributed by atoms with E-state index >= 15 is 0 Å². The Morgan fingerprint density at radius 3 is 2.67 bits per heavy atom. The summed E-state index contributed by atoms with van der Waals surface area (Å²) in [6, 6.07) is 1.68. The fraction of sp³-hybridized carbons (Fsp3) is 0.273. The van der Waals surface area contributed by atoms with Crippen LogP contribution in [0.15, 0.2) is 48.6 Å². The van der Waals surface area contributed by atoms with Gasteiger partial charge in [0.2, 0.25) is 0 Å². The molecule has 0 saturated heterocycles. The summed E-state index contributed by atoms with van der Waals surface area (Å²) in [4.78, 5) is 25.4. The van der Waals surface area contributed by atoms with E-state index in [0.717, 1.165) is 17.7 Å². The molecule has 1 amide bonds. The molecule has 8 heteroatoms. The number of carbonyl (C=O) groups excluding carboxylic acids is 1. The molecule has 2 N–H and O–H groups in total. The van der Waals surface area contributed by atoms with Crippen molar-refractivity contribution in [3.8, 4) is 0 Å². The third-order valence-corrected chi connectivity index (χ3v) is 4.88. The number of hydrogen-bond acceptors (Lipinski definition) is 5. The fourth-order valence-electron chi connectivity index (χ4n) is 3.45. The molecule has 0 aliphatic heterocycles. The van der Waals surface area contributed by atoms with Crippen molar-refractivity contribution < 1.29 is 9.18 Å². The molecule has 3 rings (SSSR count). The SMILES string of the molecule is C=C(Cl)/C=C(\C(=C)F)c1nc2c(c(Nc3ccncc3C(=O)NC)n1)CC(C)(C)C2. The summed E-state index contributed by atoms with van der Waals surface area (Å²) in [5, 5.41) is 5.96. The summed E-state index contributed by atoms with van der Waals surface area (Å²) in [6.07, 6.45) is 5.84. The number of amides is 1. The number of fused-ring (bicyclic) bond motifs is 1. The van der Waals surface area contributed by atoms with Crippen molar-refractivity contribution in [2.24, 2.45) is 5.41 Å². The lowest BCUT2D eigenvalue weighted by molar-refractivity contribution is 0.0963. The maximum atomic E-state index is 14.2. The summed E-state index contributed by atoms with van der Waals surface area (Å²) >= 11 is 5.87. The van der Waals surface area contributed by atoms with Crippen LogP contribution in [-0.4, -0.2) is 27.9 Å². The first kappa shape index (κ1) is 21.6. The van der Waals surface area contributed by atoms with Gasteiger partial charge in [0.15, 0.2) is 5.82 Å². The molecule has 156 valence electrons. The van der Waals surface area contributed by atoms with Gasteiger partial charge in [-0.3, -0.25) is 9.78 Å². The molecule has 0 atom stereocenters. The van der Waals surface area contributed by atoms with Gasteiger partial charge >= 0.3 is 0 Å². The molecule has 0 bridgehead atoms. The van der Waals surface area contributed by atoms with Crippen LogP contribution in [0.25, 0.3) is 5.57 Å². The molecule has 2 aromatic heterocycles. The Morgan fingerprint density at radius 1 is 1.30 bits per heavy atom. The zero-order valence-corrected chi connectivity index (χ0v) is 17.9. The van der Waals surface area contributed by atoms with E-state index in [0.29, 0.717) is 23.5 Å². The van der Waals surface area contributed by atoms with Crippen LogP contribution in [0, 0.1) is 5.41 Å². The molecule has 0 unspecified atom stereocenters. The van der Waals surface area contributed by atoms with Gasteiger partial charge in [-0.25, -0.2) is 14.4 Å². The predicted octanol–water partition coefficient (Wildman–Crippen LogP) is 4.72. The van der Waals surface area contributed by atoms with Gasteiger partial charge in [-0.15, -0.1) is 0 Å². The summed E-state index contributed by atoms with van der Waals surface area (Å²) in [5.41, 5.74) is 2.68. The summed E-state index contributed by atoms with van der Waals surface area (Å²) < 4.78 is 14.2. The lowest BCUT2D eigenvalue weighted by Crippen LogP contribution is -2.19. The molecule has 0 fully saturated rings. The lowest BCUT2D eigenvalue weighted by atomic mass is 9.90. The van der Waals surface area contributed by atoms with E-state index in [9.17, 15) is 9.18 Å². The number of anilines is 2. The highest BCUT2D eigenvalue weighted by atomic mass is 35.5. The molecule has 30 heavy (non-hydrogen) atoms. The van der Waals surface area contributed by atoms with Crippen molar-refractivity contribution in [1.82, 2.24) is 20.3 Å². The Morgan fingerprint density at radius 2 is 2.03 bits per heavy atom. The highest BCUT2D eigenvalue weighted by molar-refractivity contribution is 6.31. The Hall–Kier alpha value is -3.06. The van der Waals surface area contributed by atoms with Crippen LogP contribution in [-0.2, 0) is 12.8 Å². The van der Waals surface area contributed by atoms with Crippen LogP contribution in [0.5, 0.6) is 0 Å². The van der Waals surface area contributed by atoms with E-state index in [1.165, 1.54) is 12.3 Å². The van der Waals surface area contributed by atoms with Crippen LogP contribution < -0.4 is 10.6 Å². The van der Waals surface area contributed by atoms with Crippen LogP contribution in [0.4, 0.5) is 15.9 Å². The predicted molar refractivity (Wildman–Crippen MR) is 117 cm³/mol. The molecule has 0 aromatic carbocycles. The van der Waals surface area contributed by atoms with Crippen molar-refractivity contribution in [3.05, 3.63) is 71.2 Å².